The van der Waals surface area contributed by atoms with Gasteiger partial charge in [0, 0.05) is 32.2 Å². The predicted molar refractivity (Wildman–Crippen MR) is 98.0 cm³/mol. The van der Waals surface area contributed by atoms with Gasteiger partial charge in [-0.15, -0.1) is 0 Å². The Morgan fingerprint density at radius 2 is 2.20 bits per heavy atom. The molecule has 1 aliphatic heterocycles. The fraction of sp³-hybridized carbons (Fsp3) is 0.500. The highest BCUT2D eigenvalue weighted by Gasteiger charge is 2.24. The van der Waals surface area contributed by atoms with Gasteiger partial charge in [0.25, 0.3) is 5.91 Å². The summed E-state index contributed by atoms with van der Waals surface area (Å²) in [6.45, 7) is 6.40. The molecule has 5 nitrogen and oxygen atoms in total. The van der Waals surface area contributed by atoms with Gasteiger partial charge in [0.2, 0.25) is 0 Å². The number of benzene rings is 1. The molecular weight excluding hydrogens is 316 g/mol. The Hall–Kier alpha value is -1.98. The maximum atomic E-state index is 13.2. The fourth-order valence-electron chi connectivity index (χ4n) is 3.29. The van der Waals surface area contributed by atoms with Crippen LogP contribution in [0.15, 0.2) is 24.3 Å². The van der Waals surface area contributed by atoms with Crippen LogP contribution in [0.2, 0.25) is 0 Å². The number of methoxy groups -OCH3 is 1. The van der Waals surface area contributed by atoms with Crippen molar-refractivity contribution in [2.75, 3.05) is 33.4 Å². The average molecular weight is 342 g/mol. The quantitative estimate of drug-likeness (QED) is 0.809. The number of aromatic nitrogens is 1. The van der Waals surface area contributed by atoms with Crippen molar-refractivity contribution < 1.29 is 14.3 Å². The topological polar surface area (TPSA) is 51.7 Å². The van der Waals surface area contributed by atoms with Crippen molar-refractivity contribution in [1.82, 2.24) is 9.88 Å². The Morgan fingerprint density at radius 1 is 1.36 bits per heavy atom. The van der Waals surface area contributed by atoms with E-state index in [1.165, 1.54) is 0 Å². The highest BCUT2D eigenvalue weighted by atomic mass is 16.5. The molecule has 0 spiro atoms. The van der Waals surface area contributed by atoms with Gasteiger partial charge in [-0.2, -0.15) is 0 Å². The number of hydrogen-bond donors (Lipinski definition) is 0. The standard InChI is InChI=1S/C20H26N2O3/c1-14-6-7-19-16(11-14)12-18(15(2)21-19)20(23)22(8-10-24-3)13-17-5-4-9-25-17/h6-7,11-12,17H,4-5,8-10,13H2,1-3H3/t17-/m0/s1. The van der Waals surface area contributed by atoms with E-state index in [4.69, 9.17) is 9.47 Å². The van der Waals surface area contributed by atoms with Crippen LogP contribution < -0.4 is 0 Å². The van der Waals surface area contributed by atoms with Gasteiger partial charge >= 0.3 is 0 Å². The minimum atomic E-state index is 0.000885. The van der Waals surface area contributed by atoms with E-state index in [0.29, 0.717) is 25.3 Å². The van der Waals surface area contributed by atoms with E-state index >= 15 is 0 Å². The number of nitrogens with zero attached hydrogens (tertiary/aromatic N) is 2. The summed E-state index contributed by atoms with van der Waals surface area (Å²) in [5.74, 6) is 0.000885. The van der Waals surface area contributed by atoms with Gasteiger partial charge in [0.15, 0.2) is 0 Å². The molecule has 1 saturated heterocycles. The minimum absolute atomic E-state index is 0.000885. The van der Waals surface area contributed by atoms with E-state index in [1.54, 1.807) is 7.11 Å². The van der Waals surface area contributed by atoms with E-state index in [-0.39, 0.29) is 12.0 Å². The number of hydrogen-bond acceptors (Lipinski definition) is 4. The molecule has 1 fully saturated rings. The Balaban J connectivity index is 1.88. The van der Waals surface area contributed by atoms with Crippen LogP contribution in [-0.4, -0.2) is 55.3 Å². The van der Waals surface area contributed by atoms with E-state index in [1.807, 2.05) is 36.9 Å². The molecule has 134 valence electrons. The van der Waals surface area contributed by atoms with E-state index in [0.717, 1.165) is 41.6 Å². The van der Waals surface area contributed by atoms with Crippen molar-refractivity contribution in [3.05, 3.63) is 41.1 Å². The first-order valence-corrected chi connectivity index (χ1v) is 8.86. The molecular formula is C20H26N2O3. The van der Waals surface area contributed by atoms with Crippen molar-refractivity contribution in [2.45, 2.75) is 32.8 Å². The smallest absolute Gasteiger partial charge is 0.255 e. The normalized spacial score (nSPS) is 17.2. The van der Waals surface area contributed by atoms with Crippen molar-refractivity contribution in [3.63, 3.8) is 0 Å². The lowest BCUT2D eigenvalue weighted by atomic mass is 10.1. The summed E-state index contributed by atoms with van der Waals surface area (Å²) in [7, 11) is 1.65. The van der Waals surface area contributed by atoms with E-state index < -0.39 is 0 Å². The lowest BCUT2D eigenvalue weighted by Gasteiger charge is -2.26. The lowest BCUT2D eigenvalue weighted by molar-refractivity contribution is 0.0455. The number of rotatable bonds is 6. The Labute approximate surface area is 148 Å². The molecule has 0 radical (unpaired) electrons. The van der Waals surface area contributed by atoms with Gasteiger partial charge in [-0.25, -0.2) is 0 Å². The highest BCUT2D eigenvalue weighted by Crippen LogP contribution is 2.21. The van der Waals surface area contributed by atoms with Crippen molar-refractivity contribution in [2.24, 2.45) is 0 Å². The summed E-state index contributed by atoms with van der Waals surface area (Å²) in [4.78, 5) is 19.6. The number of ether oxygens (including phenoxy) is 2. The second-order valence-corrected chi connectivity index (χ2v) is 6.70. The summed E-state index contributed by atoms with van der Waals surface area (Å²) < 4.78 is 10.9. The zero-order valence-electron chi connectivity index (χ0n) is 15.2. The molecule has 1 aromatic carbocycles. The molecule has 0 bridgehead atoms. The first kappa shape index (κ1) is 17.8. The molecule has 2 aromatic rings. The molecule has 1 atom stereocenters. The number of fused-ring (bicyclic) bond motifs is 1. The van der Waals surface area contributed by atoms with Crippen LogP contribution in [-0.2, 0) is 9.47 Å². The monoisotopic (exact) mass is 342 g/mol. The van der Waals surface area contributed by atoms with Gasteiger partial charge in [0.1, 0.15) is 0 Å². The zero-order valence-corrected chi connectivity index (χ0v) is 15.2. The van der Waals surface area contributed by atoms with Crippen LogP contribution >= 0.6 is 0 Å². The molecule has 5 heteroatoms. The molecule has 1 amide bonds. The molecule has 0 aliphatic carbocycles. The molecule has 0 N–H and O–H groups in total. The maximum Gasteiger partial charge on any atom is 0.255 e. The van der Waals surface area contributed by atoms with E-state index in [2.05, 4.69) is 11.1 Å². The van der Waals surface area contributed by atoms with Gasteiger partial charge in [-0.1, -0.05) is 11.6 Å². The Morgan fingerprint density at radius 3 is 2.92 bits per heavy atom. The predicted octanol–water partition coefficient (Wildman–Crippen LogP) is 3.12. The summed E-state index contributed by atoms with van der Waals surface area (Å²) in [5, 5.41) is 0.998. The molecule has 0 saturated carbocycles. The number of aryl methyl sites for hydroxylation is 2. The van der Waals surface area contributed by atoms with Crippen LogP contribution in [0.5, 0.6) is 0 Å². The third kappa shape index (κ3) is 4.17. The van der Waals surface area contributed by atoms with Crippen LogP contribution in [0.3, 0.4) is 0 Å². The molecule has 0 unspecified atom stereocenters. The van der Waals surface area contributed by atoms with Gasteiger partial charge in [-0.05, 0) is 44.9 Å². The van der Waals surface area contributed by atoms with Crippen LogP contribution in [0, 0.1) is 13.8 Å². The maximum absolute atomic E-state index is 13.2. The summed E-state index contributed by atoms with van der Waals surface area (Å²) >= 11 is 0. The van der Waals surface area contributed by atoms with Gasteiger partial charge in [-0.3, -0.25) is 9.78 Å². The molecule has 25 heavy (non-hydrogen) atoms. The molecule has 2 heterocycles. The van der Waals surface area contributed by atoms with Crippen LogP contribution in [0.25, 0.3) is 10.9 Å². The third-order valence-corrected chi connectivity index (χ3v) is 4.69. The van der Waals surface area contributed by atoms with Gasteiger partial charge in [0.05, 0.1) is 29.5 Å². The second-order valence-electron chi connectivity index (χ2n) is 6.70. The Bertz CT molecular complexity index is 754. The fourth-order valence-corrected chi connectivity index (χ4v) is 3.29. The summed E-state index contributed by atoms with van der Waals surface area (Å²) in [6.07, 6.45) is 2.19. The summed E-state index contributed by atoms with van der Waals surface area (Å²) in [5.41, 5.74) is 3.50. The van der Waals surface area contributed by atoms with E-state index in [9.17, 15) is 4.79 Å². The number of carbonyl (C=O) groups is 1. The zero-order chi connectivity index (χ0) is 17.8. The summed E-state index contributed by atoms with van der Waals surface area (Å²) in [6, 6.07) is 8.07. The van der Waals surface area contributed by atoms with Crippen molar-refractivity contribution >= 4 is 16.8 Å². The molecule has 3 rings (SSSR count). The van der Waals surface area contributed by atoms with Crippen LogP contribution in [0.4, 0.5) is 0 Å². The Kier molecular flexibility index (Phi) is 5.66. The van der Waals surface area contributed by atoms with Crippen LogP contribution in [0.1, 0.15) is 34.5 Å². The lowest BCUT2D eigenvalue weighted by Crippen LogP contribution is -2.39. The second kappa shape index (κ2) is 7.93. The SMILES string of the molecule is COCCN(C[C@@H]1CCCO1)C(=O)c1cc2cc(C)ccc2nc1C. The van der Waals surface area contributed by atoms with Crippen molar-refractivity contribution in [1.29, 1.82) is 0 Å². The number of pyridine rings is 1. The first-order valence-electron chi connectivity index (χ1n) is 8.86. The molecule has 1 aromatic heterocycles. The molecule has 1 aliphatic rings. The minimum Gasteiger partial charge on any atom is -0.383 e. The third-order valence-electron chi connectivity index (χ3n) is 4.69. The highest BCUT2D eigenvalue weighted by molar-refractivity contribution is 5.98. The number of amides is 1. The van der Waals surface area contributed by atoms with Gasteiger partial charge < -0.3 is 14.4 Å². The largest absolute Gasteiger partial charge is 0.383 e. The number of carbonyl (C=O) groups excluding carboxylic acids is 1. The average Bonchev–Trinajstić information content (AvgIpc) is 3.11. The first-order chi connectivity index (χ1) is 12.1. The van der Waals surface area contributed by atoms with Crippen molar-refractivity contribution in [3.8, 4) is 0 Å².